The fourth-order valence-electron chi connectivity index (χ4n) is 2.58. The maximum Gasteiger partial charge on any atom is 0.230 e. The molecule has 1 saturated carbocycles. The smallest absolute Gasteiger partial charge is 0.230 e. The van der Waals surface area contributed by atoms with Crippen LogP contribution in [0.3, 0.4) is 0 Å². The van der Waals surface area contributed by atoms with Gasteiger partial charge in [-0.05, 0) is 48.6 Å². The van der Waals surface area contributed by atoms with E-state index in [-0.39, 0.29) is 11.7 Å². The number of aromatic nitrogens is 1. The first-order chi connectivity index (χ1) is 10.2. The Labute approximate surface area is 123 Å². The molecule has 3 nitrogen and oxygen atoms in total. The second kappa shape index (κ2) is 5.64. The molecule has 1 aromatic carbocycles. The van der Waals surface area contributed by atoms with Crippen molar-refractivity contribution in [1.29, 1.82) is 0 Å². The van der Waals surface area contributed by atoms with Crippen molar-refractivity contribution >= 4 is 5.91 Å². The number of nitrogens with zero attached hydrogens (tertiary/aromatic N) is 1. The normalized spacial score (nSPS) is 15.5. The number of nitrogens with one attached hydrogen (secondary N) is 1. The van der Waals surface area contributed by atoms with Gasteiger partial charge in [-0.1, -0.05) is 18.2 Å². The molecule has 1 aliphatic carbocycles. The highest BCUT2D eigenvalue weighted by atomic mass is 19.1. The minimum absolute atomic E-state index is 0.0398. The average Bonchev–Trinajstić information content (AvgIpc) is 3.31. The number of amides is 1. The number of benzene rings is 1. The zero-order valence-electron chi connectivity index (χ0n) is 11.7. The van der Waals surface area contributed by atoms with Crippen molar-refractivity contribution in [1.82, 2.24) is 10.3 Å². The molecule has 1 amide bonds. The minimum atomic E-state index is -0.442. The highest BCUT2D eigenvalue weighted by molar-refractivity contribution is 5.91. The summed E-state index contributed by atoms with van der Waals surface area (Å²) in [6, 6.07) is 10.1. The third-order valence-electron chi connectivity index (χ3n) is 4.00. The lowest BCUT2D eigenvalue weighted by atomic mass is 9.95. The number of hydrogen-bond donors (Lipinski definition) is 1. The van der Waals surface area contributed by atoms with Gasteiger partial charge in [0.1, 0.15) is 5.82 Å². The summed E-state index contributed by atoms with van der Waals surface area (Å²) in [6.45, 7) is 0.591. The van der Waals surface area contributed by atoms with Crippen molar-refractivity contribution in [3.8, 4) is 0 Å². The molecule has 0 bridgehead atoms. The maximum absolute atomic E-state index is 13.0. The Bertz CT molecular complexity index is 621. The molecule has 0 saturated heterocycles. The van der Waals surface area contributed by atoms with E-state index in [1.54, 1.807) is 24.5 Å². The number of halogens is 1. The van der Waals surface area contributed by atoms with Gasteiger partial charge in [-0.3, -0.25) is 9.78 Å². The summed E-state index contributed by atoms with van der Waals surface area (Å²) in [7, 11) is 0. The molecule has 0 unspecified atom stereocenters. The predicted molar refractivity (Wildman–Crippen MR) is 78.3 cm³/mol. The van der Waals surface area contributed by atoms with Gasteiger partial charge < -0.3 is 5.32 Å². The van der Waals surface area contributed by atoms with Gasteiger partial charge in [-0.15, -0.1) is 0 Å². The van der Waals surface area contributed by atoms with Gasteiger partial charge in [0.15, 0.2) is 0 Å². The summed E-state index contributed by atoms with van der Waals surface area (Å²) < 4.78 is 13.0. The summed E-state index contributed by atoms with van der Waals surface area (Å²) in [5.74, 6) is -0.232. The lowest BCUT2D eigenvalue weighted by Crippen LogP contribution is -2.35. The zero-order valence-corrected chi connectivity index (χ0v) is 11.7. The van der Waals surface area contributed by atoms with Crippen LogP contribution in [0.2, 0.25) is 0 Å². The molecular weight excluding hydrogens is 267 g/mol. The first-order valence-corrected chi connectivity index (χ1v) is 7.14. The van der Waals surface area contributed by atoms with Crippen LogP contribution in [-0.2, 0) is 16.6 Å². The van der Waals surface area contributed by atoms with Crippen molar-refractivity contribution in [3.63, 3.8) is 0 Å². The van der Waals surface area contributed by atoms with E-state index in [2.05, 4.69) is 10.3 Å². The first kappa shape index (κ1) is 13.7. The Morgan fingerprint density at radius 3 is 2.62 bits per heavy atom. The highest BCUT2D eigenvalue weighted by Gasteiger charge is 2.50. The van der Waals surface area contributed by atoms with Gasteiger partial charge in [0.25, 0.3) is 0 Å². The standard InChI is InChI=1S/C17H17FN2O/c18-15-5-3-14(4-6-15)17(8-9-17)16(21)20-11-7-13-2-1-10-19-12-13/h1-6,10,12H,7-9,11H2,(H,20,21). The van der Waals surface area contributed by atoms with Gasteiger partial charge in [0.2, 0.25) is 5.91 Å². The third kappa shape index (κ3) is 2.94. The van der Waals surface area contributed by atoms with Crippen LogP contribution in [0.15, 0.2) is 48.8 Å². The van der Waals surface area contributed by atoms with Crippen LogP contribution in [0.4, 0.5) is 4.39 Å². The number of pyridine rings is 1. The Morgan fingerprint density at radius 2 is 2.00 bits per heavy atom. The molecule has 0 radical (unpaired) electrons. The summed E-state index contributed by atoms with van der Waals surface area (Å²) in [5, 5.41) is 2.99. The lowest BCUT2D eigenvalue weighted by Gasteiger charge is -2.15. The molecule has 2 aromatic rings. The van der Waals surface area contributed by atoms with E-state index in [9.17, 15) is 9.18 Å². The van der Waals surface area contributed by atoms with Crippen LogP contribution < -0.4 is 5.32 Å². The fraction of sp³-hybridized carbons (Fsp3) is 0.294. The van der Waals surface area contributed by atoms with E-state index in [4.69, 9.17) is 0 Å². The van der Waals surface area contributed by atoms with Crippen LogP contribution in [0.25, 0.3) is 0 Å². The summed E-state index contributed by atoms with van der Waals surface area (Å²) in [6.07, 6.45) is 5.96. The lowest BCUT2D eigenvalue weighted by molar-refractivity contribution is -0.123. The van der Waals surface area contributed by atoms with E-state index >= 15 is 0 Å². The van der Waals surface area contributed by atoms with E-state index in [0.717, 1.165) is 30.4 Å². The Kier molecular flexibility index (Phi) is 3.69. The largest absolute Gasteiger partial charge is 0.355 e. The van der Waals surface area contributed by atoms with E-state index < -0.39 is 5.41 Å². The topological polar surface area (TPSA) is 42.0 Å². The van der Waals surface area contributed by atoms with Gasteiger partial charge in [0, 0.05) is 18.9 Å². The third-order valence-corrected chi connectivity index (χ3v) is 4.00. The van der Waals surface area contributed by atoms with Gasteiger partial charge in [-0.2, -0.15) is 0 Å². The van der Waals surface area contributed by atoms with Crippen LogP contribution in [0.1, 0.15) is 24.0 Å². The Morgan fingerprint density at radius 1 is 1.24 bits per heavy atom. The minimum Gasteiger partial charge on any atom is -0.355 e. The quantitative estimate of drug-likeness (QED) is 0.917. The number of carbonyl (C=O) groups is 1. The van der Waals surface area contributed by atoms with Crippen LogP contribution >= 0.6 is 0 Å². The summed E-state index contributed by atoms with van der Waals surface area (Å²) >= 11 is 0. The molecule has 4 heteroatoms. The Hall–Kier alpha value is -2.23. The second-order valence-electron chi connectivity index (χ2n) is 5.46. The predicted octanol–water partition coefficient (Wildman–Crippen LogP) is 2.61. The number of carbonyl (C=O) groups excluding carboxylic acids is 1. The average molecular weight is 284 g/mol. The Balaban J connectivity index is 1.59. The van der Waals surface area contributed by atoms with Gasteiger partial charge in [0.05, 0.1) is 5.41 Å². The summed E-state index contributed by atoms with van der Waals surface area (Å²) in [5.41, 5.74) is 1.56. The molecule has 3 rings (SSSR count). The van der Waals surface area contributed by atoms with E-state index in [1.165, 1.54) is 12.1 Å². The molecule has 0 aliphatic heterocycles. The van der Waals surface area contributed by atoms with E-state index in [1.807, 2.05) is 12.1 Å². The van der Waals surface area contributed by atoms with Gasteiger partial charge in [-0.25, -0.2) is 4.39 Å². The maximum atomic E-state index is 13.0. The molecule has 0 atom stereocenters. The molecule has 0 spiro atoms. The van der Waals surface area contributed by atoms with Crippen LogP contribution in [0.5, 0.6) is 0 Å². The molecule has 1 aliphatic rings. The van der Waals surface area contributed by atoms with Crippen molar-refractivity contribution in [2.24, 2.45) is 0 Å². The summed E-state index contributed by atoms with van der Waals surface area (Å²) in [4.78, 5) is 16.4. The molecule has 1 aromatic heterocycles. The molecular formula is C17H17FN2O. The molecule has 108 valence electrons. The van der Waals surface area contributed by atoms with E-state index in [0.29, 0.717) is 6.54 Å². The number of hydrogen-bond acceptors (Lipinski definition) is 2. The monoisotopic (exact) mass is 284 g/mol. The SMILES string of the molecule is O=C(NCCc1cccnc1)C1(c2ccc(F)cc2)CC1. The number of rotatable bonds is 5. The van der Waals surface area contributed by atoms with Crippen molar-refractivity contribution in [3.05, 3.63) is 65.7 Å². The zero-order chi connectivity index (χ0) is 14.7. The molecule has 21 heavy (non-hydrogen) atoms. The van der Waals surface area contributed by atoms with Crippen molar-refractivity contribution in [2.45, 2.75) is 24.7 Å². The van der Waals surface area contributed by atoms with Crippen LogP contribution in [-0.4, -0.2) is 17.4 Å². The molecule has 1 N–H and O–H groups in total. The fourth-order valence-corrected chi connectivity index (χ4v) is 2.58. The molecule has 1 heterocycles. The highest BCUT2D eigenvalue weighted by Crippen LogP contribution is 2.48. The van der Waals surface area contributed by atoms with Crippen molar-refractivity contribution < 1.29 is 9.18 Å². The first-order valence-electron chi connectivity index (χ1n) is 7.14. The van der Waals surface area contributed by atoms with Crippen LogP contribution in [0, 0.1) is 5.82 Å². The second-order valence-corrected chi connectivity index (χ2v) is 5.46. The van der Waals surface area contributed by atoms with Gasteiger partial charge >= 0.3 is 0 Å². The molecule has 1 fully saturated rings. The van der Waals surface area contributed by atoms with Crippen molar-refractivity contribution in [2.75, 3.05) is 6.54 Å².